The van der Waals surface area contributed by atoms with Crippen LogP contribution in [-0.2, 0) is 0 Å². The van der Waals surface area contributed by atoms with Crippen LogP contribution in [0.5, 0.6) is 0 Å². The molecular weight excluding hydrogens is 192 g/mol. The second-order valence-electron chi connectivity index (χ2n) is 2.13. The fourth-order valence-corrected chi connectivity index (χ4v) is 2.36. The minimum atomic E-state index is -0.113. The summed E-state index contributed by atoms with van der Waals surface area (Å²) in [7, 11) is 1.60. The predicted molar refractivity (Wildman–Crippen MR) is 53.9 cm³/mol. The van der Waals surface area contributed by atoms with E-state index in [-0.39, 0.29) is 5.91 Å². The Labute approximate surface area is 79.3 Å². The van der Waals surface area contributed by atoms with Gasteiger partial charge in [0.05, 0.1) is 9.90 Å². The molecule has 0 radical (unpaired) electrons. The van der Waals surface area contributed by atoms with E-state index in [4.69, 9.17) is 5.73 Å². The van der Waals surface area contributed by atoms with Crippen LogP contribution in [0.25, 0.3) is 0 Å². The van der Waals surface area contributed by atoms with Crippen molar-refractivity contribution in [3.63, 3.8) is 0 Å². The first kappa shape index (κ1) is 9.41. The molecule has 0 spiro atoms. The lowest BCUT2D eigenvalue weighted by atomic mass is 10.4. The summed E-state index contributed by atoms with van der Waals surface area (Å²) in [6.45, 7) is 0. The van der Waals surface area contributed by atoms with Gasteiger partial charge in [-0.2, -0.15) is 0 Å². The smallest absolute Gasteiger partial charge is 0.263 e. The number of nitrogens with two attached hydrogens (primary N) is 1. The third-order valence-electron chi connectivity index (χ3n) is 1.37. The number of hydrogen-bond donors (Lipinski definition) is 2. The van der Waals surface area contributed by atoms with E-state index >= 15 is 0 Å². The fourth-order valence-electron chi connectivity index (χ4n) is 0.773. The summed E-state index contributed by atoms with van der Waals surface area (Å²) in [5.41, 5.74) is 6.19. The highest BCUT2D eigenvalue weighted by molar-refractivity contribution is 8.00. The maximum Gasteiger partial charge on any atom is 0.263 e. The second-order valence-corrected chi connectivity index (χ2v) is 4.29. The van der Waals surface area contributed by atoms with Gasteiger partial charge in [0.1, 0.15) is 4.88 Å². The molecule has 0 unspecified atom stereocenters. The number of carbonyl (C=O) groups excluding carboxylic acids is 1. The third-order valence-corrected chi connectivity index (χ3v) is 3.59. The van der Waals surface area contributed by atoms with Crippen molar-refractivity contribution in [1.82, 2.24) is 5.32 Å². The molecule has 3 N–H and O–H groups in total. The van der Waals surface area contributed by atoms with E-state index in [0.717, 1.165) is 4.21 Å². The zero-order valence-corrected chi connectivity index (χ0v) is 8.51. The lowest BCUT2D eigenvalue weighted by Gasteiger charge is -1.94. The van der Waals surface area contributed by atoms with Crippen molar-refractivity contribution in [2.45, 2.75) is 4.21 Å². The molecule has 12 heavy (non-hydrogen) atoms. The normalized spacial score (nSPS) is 9.83. The van der Waals surface area contributed by atoms with Crippen molar-refractivity contribution in [2.75, 3.05) is 19.0 Å². The number of hydrogen-bond acceptors (Lipinski definition) is 4. The molecule has 0 saturated carbocycles. The lowest BCUT2D eigenvalue weighted by molar-refractivity contribution is 0.0968. The Morgan fingerprint density at radius 2 is 2.42 bits per heavy atom. The highest BCUT2D eigenvalue weighted by Gasteiger charge is 2.11. The zero-order valence-electron chi connectivity index (χ0n) is 6.88. The molecule has 0 saturated heterocycles. The standard InChI is InChI=1S/C7H10N2OS2/c1-9-7(10)6-4(8)3-5(11-2)12-6/h3H,8H2,1-2H3,(H,9,10). The molecule has 1 rings (SSSR count). The fraction of sp³-hybridized carbons (Fsp3) is 0.286. The van der Waals surface area contributed by atoms with Gasteiger partial charge in [-0.05, 0) is 12.3 Å². The molecule has 3 nitrogen and oxygen atoms in total. The van der Waals surface area contributed by atoms with Crippen LogP contribution in [0.4, 0.5) is 5.69 Å². The quantitative estimate of drug-likeness (QED) is 0.713. The molecule has 5 heteroatoms. The average Bonchev–Trinajstić information content (AvgIpc) is 2.45. The van der Waals surface area contributed by atoms with Gasteiger partial charge in [0, 0.05) is 7.05 Å². The van der Waals surface area contributed by atoms with Crippen LogP contribution in [0, 0.1) is 0 Å². The van der Waals surface area contributed by atoms with Gasteiger partial charge in [0.25, 0.3) is 5.91 Å². The van der Waals surface area contributed by atoms with Crippen molar-refractivity contribution in [1.29, 1.82) is 0 Å². The molecular formula is C7H10N2OS2. The largest absolute Gasteiger partial charge is 0.397 e. The van der Waals surface area contributed by atoms with Crippen molar-refractivity contribution < 1.29 is 4.79 Å². The van der Waals surface area contributed by atoms with Gasteiger partial charge in [0.2, 0.25) is 0 Å². The van der Waals surface area contributed by atoms with Crippen molar-refractivity contribution >= 4 is 34.7 Å². The predicted octanol–water partition coefficient (Wildman–Crippen LogP) is 1.41. The van der Waals surface area contributed by atoms with E-state index in [9.17, 15) is 4.79 Å². The summed E-state index contributed by atoms with van der Waals surface area (Å²) in [6, 6.07) is 1.82. The highest BCUT2D eigenvalue weighted by Crippen LogP contribution is 2.30. The topological polar surface area (TPSA) is 55.1 Å². The van der Waals surface area contributed by atoms with Gasteiger partial charge in [-0.15, -0.1) is 23.1 Å². The van der Waals surface area contributed by atoms with Crippen LogP contribution in [0.3, 0.4) is 0 Å². The Bertz CT molecular complexity index is 296. The Hall–Kier alpha value is -0.680. The van der Waals surface area contributed by atoms with E-state index in [2.05, 4.69) is 5.32 Å². The maximum absolute atomic E-state index is 11.2. The Morgan fingerprint density at radius 1 is 1.75 bits per heavy atom. The maximum atomic E-state index is 11.2. The SMILES string of the molecule is CNC(=O)c1sc(SC)cc1N. The molecule has 66 valence electrons. The second kappa shape index (κ2) is 3.82. The van der Waals surface area contributed by atoms with Gasteiger partial charge < -0.3 is 11.1 Å². The number of amides is 1. The number of nitrogens with one attached hydrogen (secondary N) is 1. The van der Waals surface area contributed by atoms with Crippen LogP contribution in [-0.4, -0.2) is 19.2 Å². The monoisotopic (exact) mass is 202 g/mol. The van der Waals surface area contributed by atoms with Gasteiger partial charge in [-0.3, -0.25) is 4.79 Å². The minimum absolute atomic E-state index is 0.113. The summed E-state index contributed by atoms with van der Waals surface area (Å²) < 4.78 is 1.06. The third kappa shape index (κ3) is 1.73. The first-order valence-electron chi connectivity index (χ1n) is 3.34. The first-order valence-corrected chi connectivity index (χ1v) is 5.38. The molecule has 0 fully saturated rings. The molecule has 1 aromatic heterocycles. The van der Waals surface area contributed by atoms with Crippen LogP contribution in [0.15, 0.2) is 10.3 Å². The zero-order chi connectivity index (χ0) is 9.14. The molecule has 1 aromatic rings. The first-order chi connectivity index (χ1) is 5.69. The summed E-state index contributed by atoms with van der Waals surface area (Å²) in [4.78, 5) is 11.8. The van der Waals surface area contributed by atoms with E-state index in [1.807, 2.05) is 12.3 Å². The van der Waals surface area contributed by atoms with E-state index in [0.29, 0.717) is 10.6 Å². The molecule has 0 aliphatic heterocycles. The number of nitrogen functional groups attached to an aromatic ring is 1. The molecule has 0 aromatic carbocycles. The van der Waals surface area contributed by atoms with Gasteiger partial charge in [0.15, 0.2) is 0 Å². The van der Waals surface area contributed by atoms with Gasteiger partial charge in [-0.1, -0.05) is 0 Å². The number of anilines is 1. The Balaban J connectivity index is 2.99. The van der Waals surface area contributed by atoms with Gasteiger partial charge in [-0.25, -0.2) is 0 Å². The summed E-state index contributed by atoms with van der Waals surface area (Å²) in [5, 5.41) is 2.54. The lowest BCUT2D eigenvalue weighted by Crippen LogP contribution is -2.17. The molecule has 1 heterocycles. The molecule has 0 aliphatic rings. The Kier molecular flexibility index (Phi) is 2.99. The van der Waals surface area contributed by atoms with Crippen LogP contribution in [0.2, 0.25) is 0 Å². The van der Waals surface area contributed by atoms with Crippen LogP contribution < -0.4 is 11.1 Å². The number of thiophene rings is 1. The van der Waals surface area contributed by atoms with Crippen LogP contribution >= 0.6 is 23.1 Å². The van der Waals surface area contributed by atoms with Crippen LogP contribution in [0.1, 0.15) is 9.67 Å². The number of rotatable bonds is 2. The summed E-state index contributed by atoms with van der Waals surface area (Å²) in [5.74, 6) is -0.113. The average molecular weight is 202 g/mol. The van der Waals surface area contributed by atoms with E-state index in [1.54, 1.807) is 18.8 Å². The molecule has 0 bridgehead atoms. The van der Waals surface area contributed by atoms with Gasteiger partial charge >= 0.3 is 0 Å². The molecule has 1 amide bonds. The number of carbonyl (C=O) groups is 1. The van der Waals surface area contributed by atoms with Crippen molar-refractivity contribution in [2.24, 2.45) is 0 Å². The van der Waals surface area contributed by atoms with E-state index in [1.165, 1.54) is 11.3 Å². The Morgan fingerprint density at radius 3 is 2.83 bits per heavy atom. The minimum Gasteiger partial charge on any atom is -0.397 e. The summed E-state index contributed by atoms with van der Waals surface area (Å²) >= 11 is 3.01. The highest BCUT2D eigenvalue weighted by atomic mass is 32.2. The molecule has 0 atom stereocenters. The van der Waals surface area contributed by atoms with E-state index < -0.39 is 0 Å². The molecule has 0 aliphatic carbocycles. The van der Waals surface area contributed by atoms with Crippen molar-refractivity contribution in [3.05, 3.63) is 10.9 Å². The number of thioether (sulfide) groups is 1. The van der Waals surface area contributed by atoms with Crippen molar-refractivity contribution in [3.8, 4) is 0 Å². The summed E-state index contributed by atoms with van der Waals surface area (Å²) in [6.07, 6.45) is 1.96.